The molecule has 0 aliphatic heterocycles. The van der Waals surface area contributed by atoms with Gasteiger partial charge in [-0.15, -0.1) is 17.0 Å². The number of benzene rings is 2. The number of nitrogens with one attached hydrogen (secondary N) is 1. The van der Waals surface area contributed by atoms with E-state index >= 15 is 0 Å². The van der Waals surface area contributed by atoms with Crippen molar-refractivity contribution in [2.24, 2.45) is 0 Å². The van der Waals surface area contributed by atoms with Crippen LogP contribution in [0, 0.1) is 12.7 Å². The van der Waals surface area contributed by atoms with Crippen molar-refractivity contribution in [3.8, 4) is 11.5 Å². The largest absolute Gasteiger partial charge is 0.504 e. The van der Waals surface area contributed by atoms with E-state index in [1.54, 1.807) is 18.2 Å². The predicted molar refractivity (Wildman–Crippen MR) is 108 cm³/mol. The van der Waals surface area contributed by atoms with Crippen molar-refractivity contribution in [1.29, 1.82) is 0 Å². The van der Waals surface area contributed by atoms with Gasteiger partial charge in [-0.1, -0.05) is 12.1 Å². The Morgan fingerprint density at radius 1 is 1.27 bits per heavy atom. The lowest BCUT2D eigenvalue weighted by Crippen LogP contribution is -2.22. The number of hydrogen-bond acceptors (Lipinski definition) is 3. The van der Waals surface area contributed by atoms with E-state index in [-0.39, 0.29) is 40.2 Å². The van der Waals surface area contributed by atoms with Gasteiger partial charge in [0.1, 0.15) is 5.82 Å². The lowest BCUT2D eigenvalue weighted by Gasteiger charge is -2.31. The van der Waals surface area contributed by atoms with E-state index in [0.29, 0.717) is 5.92 Å². The van der Waals surface area contributed by atoms with E-state index in [1.807, 2.05) is 20.0 Å². The highest BCUT2D eigenvalue weighted by atomic mass is 79.9. The minimum absolute atomic E-state index is 0. The summed E-state index contributed by atoms with van der Waals surface area (Å²) in [4.78, 5) is 0. The maximum absolute atomic E-state index is 13.7. The van der Waals surface area contributed by atoms with E-state index in [0.717, 1.165) is 48.9 Å². The molecule has 0 saturated carbocycles. The molecule has 3 N–H and O–H groups in total. The predicted octanol–water partition coefficient (Wildman–Crippen LogP) is 4.94. The Morgan fingerprint density at radius 3 is 2.73 bits per heavy atom. The van der Waals surface area contributed by atoms with Crippen LogP contribution in [0.25, 0.3) is 0 Å². The van der Waals surface area contributed by atoms with Gasteiger partial charge in [-0.3, -0.25) is 0 Å². The summed E-state index contributed by atoms with van der Waals surface area (Å²) < 4.78 is 13.7. The SMILES string of the molecule is Br.CNCC(CC1CCCc2c(O)c(O)cc(C)c21)c1cccc(F)c1. The van der Waals surface area contributed by atoms with Gasteiger partial charge in [0.05, 0.1) is 0 Å². The molecule has 0 spiro atoms. The average Bonchev–Trinajstić information content (AvgIpc) is 2.59. The summed E-state index contributed by atoms with van der Waals surface area (Å²) >= 11 is 0. The second-order valence-electron chi connectivity index (χ2n) is 7.09. The Balaban J connectivity index is 0.00000243. The number of hydrogen-bond donors (Lipinski definition) is 3. The molecule has 0 aromatic heterocycles. The van der Waals surface area contributed by atoms with Crippen molar-refractivity contribution in [1.82, 2.24) is 5.32 Å². The van der Waals surface area contributed by atoms with Crippen LogP contribution < -0.4 is 5.32 Å². The zero-order valence-corrected chi connectivity index (χ0v) is 17.0. The van der Waals surface area contributed by atoms with E-state index in [1.165, 1.54) is 11.6 Å². The quantitative estimate of drug-likeness (QED) is 0.597. The van der Waals surface area contributed by atoms with Crippen LogP contribution in [0.3, 0.4) is 0 Å². The topological polar surface area (TPSA) is 52.5 Å². The Labute approximate surface area is 165 Å². The molecule has 2 unspecified atom stereocenters. The van der Waals surface area contributed by atoms with Gasteiger partial charge < -0.3 is 15.5 Å². The van der Waals surface area contributed by atoms with Crippen LogP contribution in [-0.2, 0) is 6.42 Å². The van der Waals surface area contributed by atoms with Gasteiger partial charge in [-0.05, 0) is 86.4 Å². The zero-order valence-electron chi connectivity index (χ0n) is 15.3. The van der Waals surface area contributed by atoms with Gasteiger partial charge in [-0.2, -0.15) is 0 Å². The van der Waals surface area contributed by atoms with Gasteiger partial charge in [-0.25, -0.2) is 4.39 Å². The Morgan fingerprint density at radius 2 is 2.04 bits per heavy atom. The first kappa shape index (κ1) is 20.7. The molecule has 26 heavy (non-hydrogen) atoms. The summed E-state index contributed by atoms with van der Waals surface area (Å²) in [6.07, 6.45) is 3.73. The molecule has 2 aromatic carbocycles. The van der Waals surface area contributed by atoms with Crippen LogP contribution in [-0.4, -0.2) is 23.8 Å². The fraction of sp³-hybridized carbons (Fsp3) is 0.429. The normalized spacial score (nSPS) is 17.3. The van der Waals surface area contributed by atoms with Crippen LogP contribution in [0.5, 0.6) is 11.5 Å². The van der Waals surface area contributed by atoms with Crippen LogP contribution in [0.1, 0.15) is 53.4 Å². The lowest BCUT2D eigenvalue weighted by atomic mass is 9.74. The molecule has 142 valence electrons. The van der Waals surface area contributed by atoms with Crippen molar-refractivity contribution in [2.75, 3.05) is 13.6 Å². The summed E-state index contributed by atoms with van der Waals surface area (Å²) in [5.74, 6) is 0.292. The van der Waals surface area contributed by atoms with Gasteiger partial charge in [0.25, 0.3) is 0 Å². The smallest absolute Gasteiger partial charge is 0.160 e. The molecule has 3 rings (SSSR count). The maximum atomic E-state index is 13.7. The number of fused-ring (bicyclic) bond motifs is 1. The number of phenolic OH excluding ortho intramolecular Hbond substituents is 2. The molecule has 0 heterocycles. The fourth-order valence-corrected chi connectivity index (χ4v) is 4.29. The Hall–Kier alpha value is -1.59. The molecule has 3 nitrogen and oxygen atoms in total. The minimum Gasteiger partial charge on any atom is -0.504 e. The first-order valence-corrected chi connectivity index (χ1v) is 8.95. The van der Waals surface area contributed by atoms with Crippen LogP contribution in [0.2, 0.25) is 0 Å². The number of halogens is 2. The third-order valence-electron chi connectivity index (χ3n) is 5.36. The van der Waals surface area contributed by atoms with Gasteiger partial charge in [0.15, 0.2) is 11.5 Å². The monoisotopic (exact) mass is 423 g/mol. The summed E-state index contributed by atoms with van der Waals surface area (Å²) in [6.45, 7) is 2.77. The zero-order chi connectivity index (χ0) is 18.0. The van der Waals surface area contributed by atoms with Crippen molar-refractivity contribution in [3.63, 3.8) is 0 Å². The number of aryl methyl sites for hydroxylation is 1. The standard InChI is InChI=1S/C21H26FNO2.BrH/c1-13-9-19(24)21(25)18-8-4-6-15(20(13)18)10-16(12-23-2)14-5-3-7-17(22)11-14;/h3,5,7,9,11,15-16,23-25H,4,6,8,10,12H2,1-2H3;1H. The van der Waals surface area contributed by atoms with E-state index in [2.05, 4.69) is 5.32 Å². The molecule has 1 aliphatic carbocycles. The van der Waals surface area contributed by atoms with Crippen LogP contribution in [0.4, 0.5) is 4.39 Å². The third-order valence-corrected chi connectivity index (χ3v) is 5.36. The van der Waals surface area contributed by atoms with E-state index in [9.17, 15) is 14.6 Å². The number of phenols is 2. The van der Waals surface area contributed by atoms with Gasteiger partial charge >= 0.3 is 0 Å². The molecule has 0 bridgehead atoms. The summed E-state index contributed by atoms with van der Waals surface area (Å²) in [5, 5.41) is 23.4. The number of likely N-dealkylation sites (N-methyl/N-ethyl adjacent to an activating group) is 1. The van der Waals surface area contributed by atoms with Crippen molar-refractivity contribution in [3.05, 3.63) is 58.4 Å². The Bertz CT molecular complexity index is 766. The molecule has 5 heteroatoms. The molecule has 0 saturated heterocycles. The van der Waals surface area contributed by atoms with Crippen LogP contribution >= 0.6 is 17.0 Å². The third kappa shape index (κ3) is 4.21. The van der Waals surface area contributed by atoms with E-state index < -0.39 is 0 Å². The van der Waals surface area contributed by atoms with Crippen LogP contribution in [0.15, 0.2) is 30.3 Å². The van der Waals surface area contributed by atoms with Crippen molar-refractivity contribution >= 4 is 17.0 Å². The summed E-state index contributed by atoms with van der Waals surface area (Å²) in [7, 11) is 1.91. The first-order valence-electron chi connectivity index (χ1n) is 8.95. The molecule has 1 aliphatic rings. The molecule has 2 atom stereocenters. The fourth-order valence-electron chi connectivity index (χ4n) is 4.29. The van der Waals surface area contributed by atoms with Crippen molar-refractivity contribution < 1.29 is 14.6 Å². The second-order valence-corrected chi connectivity index (χ2v) is 7.09. The minimum atomic E-state index is -0.207. The molecular weight excluding hydrogens is 397 g/mol. The summed E-state index contributed by atoms with van der Waals surface area (Å²) in [6, 6.07) is 8.49. The number of aromatic hydroxyl groups is 2. The molecule has 2 aromatic rings. The van der Waals surface area contributed by atoms with E-state index in [4.69, 9.17) is 0 Å². The highest BCUT2D eigenvalue weighted by molar-refractivity contribution is 8.93. The second kappa shape index (κ2) is 8.87. The maximum Gasteiger partial charge on any atom is 0.160 e. The highest BCUT2D eigenvalue weighted by Crippen LogP contribution is 2.45. The molecule has 0 amide bonds. The highest BCUT2D eigenvalue weighted by Gasteiger charge is 2.28. The average molecular weight is 424 g/mol. The molecule has 0 fully saturated rings. The lowest BCUT2D eigenvalue weighted by molar-refractivity contribution is 0.387. The van der Waals surface area contributed by atoms with Crippen molar-refractivity contribution in [2.45, 2.75) is 44.4 Å². The first-order chi connectivity index (χ1) is 12.0. The van der Waals surface area contributed by atoms with Gasteiger partial charge in [0.2, 0.25) is 0 Å². The number of rotatable bonds is 5. The Kier molecular flexibility index (Phi) is 7.07. The summed E-state index contributed by atoms with van der Waals surface area (Å²) in [5.41, 5.74) is 4.08. The molecule has 0 radical (unpaired) electrons. The van der Waals surface area contributed by atoms with Gasteiger partial charge in [0, 0.05) is 12.1 Å². The molecular formula is C21H27BrFNO2.